The first-order chi connectivity index (χ1) is 15.7. The van der Waals surface area contributed by atoms with Gasteiger partial charge in [0.2, 0.25) is 11.8 Å². The van der Waals surface area contributed by atoms with E-state index in [9.17, 15) is 9.59 Å². The molecule has 1 aromatic carbocycles. The molecule has 0 bridgehead atoms. The molecular weight excluding hydrogens is 410 g/mol. The number of anilines is 2. The molecule has 0 aromatic heterocycles. The SMILES string of the molecule is CCCCCCCCC(=O)Nc1ccc(N2CCN(C(=O)CC(C)CC(C)(C)C)CC2)cc1. The summed E-state index contributed by atoms with van der Waals surface area (Å²) in [6, 6.07) is 8.12. The minimum Gasteiger partial charge on any atom is -0.368 e. The molecule has 2 rings (SSSR count). The Kier molecular flexibility index (Phi) is 11.2. The van der Waals surface area contributed by atoms with Crippen LogP contribution in [0.1, 0.15) is 92.4 Å². The predicted molar refractivity (Wildman–Crippen MR) is 140 cm³/mol. The number of nitrogens with zero attached hydrogens (tertiary/aromatic N) is 2. The fourth-order valence-corrected chi connectivity index (χ4v) is 4.80. The molecule has 2 amide bonds. The third-order valence-electron chi connectivity index (χ3n) is 6.39. The van der Waals surface area contributed by atoms with Crippen molar-refractivity contribution in [2.45, 2.75) is 92.4 Å². The number of carbonyl (C=O) groups is 2. The van der Waals surface area contributed by atoms with Gasteiger partial charge in [0.15, 0.2) is 0 Å². The maximum absolute atomic E-state index is 12.7. The lowest BCUT2D eigenvalue weighted by molar-refractivity contribution is -0.132. The van der Waals surface area contributed by atoms with Crippen LogP contribution in [0, 0.1) is 11.3 Å². The molecule has 0 spiro atoms. The molecule has 1 saturated heterocycles. The van der Waals surface area contributed by atoms with Gasteiger partial charge in [0.1, 0.15) is 0 Å². The van der Waals surface area contributed by atoms with Crippen LogP contribution in [0.3, 0.4) is 0 Å². The first-order valence-electron chi connectivity index (χ1n) is 13.1. The Morgan fingerprint density at radius 1 is 0.939 bits per heavy atom. The van der Waals surface area contributed by atoms with E-state index in [2.05, 4.69) is 57.0 Å². The van der Waals surface area contributed by atoms with Crippen molar-refractivity contribution in [2.24, 2.45) is 11.3 Å². The number of rotatable bonds is 12. The number of carbonyl (C=O) groups excluding carboxylic acids is 2. The van der Waals surface area contributed by atoms with Crippen LogP contribution in [0.15, 0.2) is 24.3 Å². The molecular formula is C28H47N3O2. The van der Waals surface area contributed by atoms with E-state index < -0.39 is 0 Å². The summed E-state index contributed by atoms with van der Waals surface area (Å²) >= 11 is 0. The summed E-state index contributed by atoms with van der Waals surface area (Å²) < 4.78 is 0. The summed E-state index contributed by atoms with van der Waals surface area (Å²) in [5.74, 6) is 0.806. The zero-order chi connectivity index (χ0) is 24.3. The van der Waals surface area contributed by atoms with Gasteiger partial charge in [-0.2, -0.15) is 0 Å². The Bertz CT molecular complexity index is 716. The van der Waals surface area contributed by atoms with Gasteiger partial charge in [0.25, 0.3) is 0 Å². The van der Waals surface area contributed by atoms with Gasteiger partial charge in [0.05, 0.1) is 0 Å². The highest BCUT2D eigenvalue weighted by atomic mass is 16.2. The van der Waals surface area contributed by atoms with Crippen molar-refractivity contribution in [3.05, 3.63) is 24.3 Å². The van der Waals surface area contributed by atoms with Gasteiger partial charge in [-0.1, -0.05) is 66.7 Å². The fourth-order valence-electron chi connectivity index (χ4n) is 4.80. The Hall–Kier alpha value is -2.04. The molecule has 1 aromatic rings. The maximum Gasteiger partial charge on any atom is 0.224 e. The molecule has 5 nitrogen and oxygen atoms in total. The van der Waals surface area contributed by atoms with Crippen molar-refractivity contribution in [2.75, 3.05) is 36.4 Å². The van der Waals surface area contributed by atoms with Gasteiger partial charge in [0, 0.05) is 50.4 Å². The molecule has 5 heteroatoms. The van der Waals surface area contributed by atoms with E-state index in [-0.39, 0.29) is 17.2 Å². The Morgan fingerprint density at radius 3 is 2.15 bits per heavy atom. The van der Waals surface area contributed by atoms with Crippen molar-refractivity contribution in [1.29, 1.82) is 0 Å². The van der Waals surface area contributed by atoms with E-state index in [1.54, 1.807) is 0 Å². The van der Waals surface area contributed by atoms with Gasteiger partial charge < -0.3 is 15.1 Å². The standard InChI is InChI=1S/C28H47N3O2/c1-6-7-8-9-10-11-12-26(32)29-24-13-15-25(16-14-24)30-17-19-31(20-18-30)27(33)21-23(2)22-28(3,4)5/h13-16,23H,6-12,17-22H2,1-5H3,(H,29,32). The number of benzene rings is 1. The maximum atomic E-state index is 12.7. The second-order valence-corrected chi connectivity index (χ2v) is 11.1. The third kappa shape index (κ3) is 10.6. The highest BCUT2D eigenvalue weighted by Crippen LogP contribution is 2.27. The lowest BCUT2D eigenvalue weighted by Crippen LogP contribution is -2.49. The Morgan fingerprint density at radius 2 is 1.55 bits per heavy atom. The number of nitrogens with one attached hydrogen (secondary N) is 1. The highest BCUT2D eigenvalue weighted by Gasteiger charge is 2.24. The van der Waals surface area contributed by atoms with Gasteiger partial charge in [-0.15, -0.1) is 0 Å². The molecule has 186 valence electrons. The molecule has 1 aliphatic rings. The van der Waals surface area contributed by atoms with E-state index in [0.29, 0.717) is 18.8 Å². The normalized spacial score (nSPS) is 15.4. The molecule has 1 heterocycles. The van der Waals surface area contributed by atoms with E-state index in [1.165, 1.54) is 25.7 Å². The summed E-state index contributed by atoms with van der Waals surface area (Å²) in [7, 11) is 0. The van der Waals surface area contributed by atoms with Gasteiger partial charge in [-0.05, 0) is 48.4 Å². The second-order valence-electron chi connectivity index (χ2n) is 11.1. The largest absolute Gasteiger partial charge is 0.368 e. The van der Waals surface area contributed by atoms with Crippen molar-refractivity contribution in [3.8, 4) is 0 Å². The quantitative estimate of drug-likeness (QED) is 0.365. The monoisotopic (exact) mass is 457 g/mol. The van der Waals surface area contributed by atoms with Crippen molar-refractivity contribution in [1.82, 2.24) is 4.90 Å². The highest BCUT2D eigenvalue weighted by molar-refractivity contribution is 5.90. The molecule has 1 atom stereocenters. The van der Waals surface area contributed by atoms with Crippen LogP contribution in [0.25, 0.3) is 0 Å². The van der Waals surface area contributed by atoms with Crippen molar-refractivity contribution in [3.63, 3.8) is 0 Å². The second kappa shape index (κ2) is 13.6. The molecule has 0 saturated carbocycles. The average molecular weight is 458 g/mol. The Labute approximate surface area is 202 Å². The van der Waals surface area contributed by atoms with Crippen LogP contribution < -0.4 is 10.2 Å². The smallest absolute Gasteiger partial charge is 0.224 e. The zero-order valence-corrected chi connectivity index (χ0v) is 21.8. The molecule has 1 aliphatic heterocycles. The van der Waals surface area contributed by atoms with E-state index in [4.69, 9.17) is 0 Å². The predicted octanol–water partition coefficient (Wildman–Crippen LogP) is 6.49. The van der Waals surface area contributed by atoms with Gasteiger partial charge >= 0.3 is 0 Å². The van der Waals surface area contributed by atoms with Crippen LogP contribution >= 0.6 is 0 Å². The third-order valence-corrected chi connectivity index (χ3v) is 6.39. The lowest BCUT2D eigenvalue weighted by atomic mass is 9.84. The first kappa shape index (κ1) is 27.2. The molecule has 1 N–H and O–H groups in total. The molecule has 0 radical (unpaired) electrons. The number of piperazine rings is 1. The molecule has 1 fully saturated rings. The lowest BCUT2D eigenvalue weighted by Gasteiger charge is -2.37. The molecule has 0 aliphatic carbocycles. The summed E-state index contributed by atoms with van der Waals surface area (Å²) in [5.41, 5.74) is 2.27. The van der Waals surface area contributed by atoms with E-state index in [0.717, 1.165) is 56.8 Å². The van der Waals surface area contributed by atoms with E-state index >= 15 is 0 Å². The number of hydrogen-bond acceptors (Lipinski definition) is 3. The summed E-state index contributed by atoms with van der Waals surface area (Å²) in [5, 5.41) is 3.02. The van der Waals surface area contributed by atoms with E-state index in [1.807, 2.05) is 17.0 Å². The van der Waals surface area contributed by atoms with Gasteiger partial charge in [-0.25, -0.2) is 0 Å². The van der Waals surface area contributed by atoms with Crippen LogP contribution in [0.4, 0.5) is 11.4 Å². The van der Waals surface area contributed by atoms with Crippen LogP contribution in [-0.2, 0) is 9.59 Å². The van der Waals surface area contributed by atoms with Crippen LogP contribution in [0.2, 0.25) is 0 Å². The first-order valence-corrected chi connectivity index (χ1v) is 13.1. The molecule has 33 heavy (non-hydrogen) atoms. The van der Waals surface area contributed by atoms with Crippen LogP contribution in [0.5, 0.6) is 0 Å². The van der Waals surface area contributed by atoms with Crippen molar-refractivity contribution >= 4 is 23.2 Å². The average Bonchev–Trinajstić information content (AvgIpc) is 2.75. The molecule has 1 unspecified atom stereocenters. The number of unbranched alkanes of at least 4 members (excludes halogenated alkanes) is 5. The zero-order valence-electron chi connectivity index (χ0n) is 21.8. The summed E-state index contributed by atoms with van der Waals surface area (Å²) in [6.07, 6.45) is 9.45. The summed E-state index contributed by atoms with van der Waals surface area (Å²) in [4.78, 5) is 29.2. The minimum atomic E-state index is 0.103. The number of amides is 2. The van der Waals surface area contributed by atoms with Crippen molar-refractivity contribution < 1.29 is 9.59 Å². The van der Waals surface area contributed by atoms with Crippen LogP contribution in [-0.4, -0.2) is 42.9 Å². The van der Waals surface area contributed by atoms with Gasteiger partial charge in [-0.3, -0.25) is 9.59 Å². The fraction of sp³-hybridized carbons (Fsp3) is 0.714. The topological polar surface area (TPSA) is 52.7 Å². The summed E-state index contributed by atoms with van der Waals surface area (Å²) in [6.45, 7) is 14.4. The number of hydrogen-bond donors (Lipinski definition) is 1. The Balaban J connectivity index is 1.71. The minimum absolute atomic E-state index is 0.103.